The number of benzene rings is 3. The van der Waals surface area contributed by atoms with Crippen LogP contribution in [0.3, 0.4) is 0 Å². The van der Waals surface area contributed by atoms with Gasteiger partial charge in [0.25, 0.3) is 0 Å². The number of unbranched alkanes of at least 4 members (excludes halogenated alkanes) is 1. The van der Waals surface area contributed by atoms with Gasteiger partial charge in [0.15, 0.2) is 4.90 Å². The zero-order valence-corrected chi connectivity index (χ0v) is 34.7. The van der Waals surface area contributed by atoms with Gasteiger partial charge in [-0.15, -0.1) is 5.14 Å². The number of pyridine rings is 1. The average molecular weight is 845 g/mol. The van der Waals surface area contributed by atoms with Crippen LogP contribution >= 0.6 is 23.4 Å². The first-order valence-electron chi connectivity index (χ1n) is 19.3. The van der Waals surface area contributed by atoms with Crippen LogP contribution in [-0.2, 0) is 45.3 Å². The molecule has 4 unspecified atom stereocenters. The Bertz CT molecular complexity index is 2200. The fourth-order valence-corrected chi connectivity index (χ4v) is 8.93. The minimum atomic E-state index is -1.66. The molecule has 3 aromatic carbocycles. The van der Waals surface area contributed by atoms with Gasteiger partial charge >= 0.3 is 0 Å². The van der Waals surface area contributed by atoms with Crippen molar-refractivity contribution in [1.82, 2.24) is 30.8 Å². The number of carbonyl (C=O) groups is 3. The number of halogens is 1. The maximum absolute atomic E-state index is 14.7. The lowest BCUT2D eigenvalue weighted by molar-refractivity contribution is -0.142. The largest absolute Gasteiger partial charge is 0.593 e. The van der Waals surface area contributed by atoms with Gasteiger partial charge in [0.05, 0.1) is 22.4 Å². The van der Waals surface area contributed by atoms with E-state index in [4.69, 9.17) is 33.2 Å². The van der Waals surface area contributed by atoms with E-state index in [1.807, 2.05) is 60.8 Å². The number of rotatable bonds is 11. The Balaban J connectivity index is 1.47. The number of hydrogen-bond donors (Lipinski definition) is 7. The molecule has 0 radical (unpaired) electrons. The number of carbonyl (C=O) groups excluding carboxylic acids is 3. The third-order valence-electron chi connectivity index (χ3n) is 10.4. The van der Waals surface area contributed by atoms with Gasteiger partial charge in [-0.2, -0.15) is 0 Å². The van der Waals surface area contributed by atoms with E-state index in [0.29, 0.717) is 65.0 Å². The number of likely N-dealkylation sites (N-methyl/N-ethyl adjacent to an activating group) is 1. The zero-order chi connectivity index (χ0) is 41.2. The number of H-pyrrole nitrogens is 1. The smallest absolute Gasteiger partial charge is 0.245 e. The first-order valence-corrected chi connectivity index (χ1v) is 21.7. The lowest BCUT2D eigenvalue weighted by atomic mass is 9.98. The number of para-hydroxylation sites is 1. The van der Waals surface area contributed by atoms with Crippen LogP contribution in [0, 0.1) is 0 Å². The molecular formula is C42H50ClN9O4S2. The van der Waals surface area contributed by atoms with Crippen molar-refractivity contribution in [3.05, 3.63) is 107 Å². The highest BCUT2D eigenvalue weighted by atomic mass is 35.5. The summed E-state index contributed by atoms with van der Waals surface area (Å²) < 4.78 is 12.0. The van der Waals surface area contributed by atoms with Gasteiger partial charge in [0.2, 0.25) is 17.7 Å². The van der Waals surface area contributed by atoms with Crippen LogP contribution in [0.2, 0.25) is 5.02 Å². The normalized spacial score (nSPS) is 18.9. The molecule has 16 heteroatoms. The standard InChI is InChI=1S/C42H50ClN9O4S2/c1-52-37(22-28-24-48-34-10-3-2-9-31(28)34)40(54)50-25-32-30(26-13-15-29(16-14-26)58(46)56)17-18-33(43)38(32)57-41-27(8-7-21-47-41)23-49-35(12-6-20-45)39(53)51-36(42(52)55)11-4-5-19-44/h2-3,7-10,13-18,21,24,35-37,48-49H,4-6,11-12,19-20,22-23,25,44-46H2,1H3,(H,50,54)(H,51,53). The van der Waals surface area contributed by atoms with Crippen molar-refractivity contribution in [3.63, 3.8) is 0 Å². The molecular weight excluding hydrogens is 794 g/mol. The first-order chi connectivity index (χ1) is 28.1. The lowest BCUT2D eigenvalue weighted by Gasteiger charge is -2.32. The molecule has 0 aliphatic carbocycles. The van der Waals surface area contributed by atoms with E-state index in [1.165, 1.54) is 16.7 Å². The summed E-state index contributed by atoms with van der Waals surface area (Å²) in [5.74, 6) is -1.12. The molecule has 2 aromatic heterocycles. The highest BCUT2D eigenvalue weighted by Gasteiger charge is 2.34. The zero-order valence-electron chi connectivity index (χ0n) is 32.3. The third-order valence-corrected chi connectivity index (χ3v) is 12.8. The van der Waals surface area contributed by atoms with Gasteiger partial charge in [0.1, 0.15) is 17.1 Å². The molecule has 0 fully saturated rings. The number of amides is 3. The minimum Gasteiger partial charge on any atom is -0.593 e. The Kier molecular flexibility index (Phi) is 15.2. The van der Waals surface area contributed by atoms with Crippen LogP contribution < -0.4 is 32.6 Å². The molecule has 1 aliphatic rings. The predicted molar refractivity (Wildman–Crippen MR) is 230 cm³/mol. The predicted octanol–water partition coefficient (Wildman–Crippen LogP) is 4.53. The summed E-state index contributed by atoms with van der Waals surface area (Å²) in [5.41, 5.74) is 16.6. The van der Waals surface area contributed by atoms with Crippen molar-refractivity contribution in [1.29, 1.82) is 0 Å². The van der Waals surface area contributed by atoms with Gasteiger partial charge < -0.3 is 41.9 Å². The van der Waals surface area contributed by atoms with Crippen molar-refractivity contribution < 1.29 is 18.9 Å². The summed E-state index contributed by atoms with van der Waals surface area (Å²) >= 11 is 6.72. The summed E-state index contributed by atoms with van der Waals surface area (Å²) in [4.78, 5) is 54.0. The van der Waals surface area contributed by atoms with E-state index in [0.717, 1.165) is 38.7 Å². The van der Waals surface area contributed by atoms with Crippen LogP contribution in [0.4, 0.5) is 0 Å². The van der Waals surface area contributed by atoms with Crippen LogP contribution in [0.15, 0.2) is 100 Å². The first kappa shape index (κ1) is 43.1. The van der Waals surface area contributed by atoms with Crippen molar-refractivity contribution in [2.45, 2.75) is 84.6 Å². The number of nitrogens with two attached hydrogens (primary N) is 3. The quantitative estimate of drug-likeness (QED) is 0.0728. The molecule has 10 N–H and O–H groups in total. The number of aromatic nitrogens is 2. The molecule has 306 valence electrons. The van der Waals surface area contributed by atoms with E-state index < -0.39 is 35.4 Å². The van der Waals surface area contributed by atoms with Crippen molar-refractivity contribution in [2.75, 3.05) is 20.1 Å². The van der Waals surface area contributed by atoms with Gasteiger partial charge in [-0.05, 0) is 115 Å². The van der Waals surface area contributed by atoms with Gasteiger partial charge in [-0.3, -0.25) is 14.4 Å². The fourth-order valence-electron chi connectivity index (χ4n) is 7.18. The van der Waals surface area contributed by atoms with Crippen molar-refractivity contribution in [2.24, 2.45) is 16.6 Å². The highest BCUT2D eigenvalue weighted by Crippen LogP contribution is 2.41. The molecule has 0 saturated carbocycles. The molecule has 58 heavy (non-hydrogen) atoms. The van der Waals surface area contributed by atoms with Gasteiger partial charge in [0, 0.05) is 54.8 Å². The van der Waals surface area contributed by atoms with E-state index in [-0.39, 0.29) is 31.3 Å². The minimum absolute atomic E-state index is 0.0479. The van der Waals surface area contributed by atoms with Crippen LogP contribution in [0.25, 0.3) is 22.0 Å². The van der Waals surface area contributed by atoms with Crippen LogP contribution in [0.1, 0.15) is 48.8 Å². The summed E-state index contributed by atoms with van der Waals surface area (Å²) in [6, 6.07) is 19.7. The molecule has 3 heterocycles. The summed E-state index contributed by atoms with van der Waals surface area (Å²) in [5, 5.41) is 17.3. The number of fused-ring (bicyclic) bond motifs is 3. The summed E-state index contributed by atoms with van der Waals surface area (Å²) in [7, 11) is 1.61. The molecule has 1 aliphatic heterocycles. The molecule has 5 aromatic rings. The van der Waals surface area contributed by atoms with E-state index in [1.54, 1.807) is 31.4 Å². The maximum Gasteiger partial charge on any atom is 0.245 e. The van der Waals surface area contributed by atoms with Gasteiger partial charge in [-0.1, -0.05) is 53.7 Å². The number of aromatic amines is 1. The third kappa shape index (κ3) is 10.4. The lowest BCUT2D eigenvalue weighted by Crippen LogP contribution is -2.57. The Morgan fingerprint density at radius 1 is 0.914 bits per heavy atom. The topological polar surface area (TPSA) is 220 Å². The van der Waals surface area contributed by atoms with E-state index >= 15 is 0 Å². The molecule has 6 rings (SSSR count). The Labute approximate surface area is 350 Å². The SMILES string of the molecule is CN1C(=O)C(CCCCN)NC(=O)C(CCCN)NCc2cccnc2Sc2c(Cl)ccc(-c3ccc([S+](N)[O-])cc3)c2CNC(=O)C1Cc1c[nH]c2ccccc12. The summed E-state index contributed by atoms with van der Waals surface area (Å²) in [6.45, 7) is 1.16. The Morgan fingerprint density at radius 2 is 1.67 bits per heavy atom. The van der Waals surface area contributed by atoms with Crippen LogP contribution in [0.5, 0.6) is 0 Å². The molecule has 0 spiro atoms. The maximum atomic E-state index is 14.7. The Morgan fingerprint density at radius 3 is 2.43 bits per heavy atom. The molecule has 3 amide bonds. The fraction of sp³-hybridized carbons (Fsp3) is 0.333. The number of nitrogens with zero attached hydrogens (tertiary/aromatic N) is 2. The molecule has 4 atom stereocenters. The van der Waals surface area contributed by atoms with E-state index in [2.05, 4.69) is 20.9 Å². The van der Waals surface area contributed by atoms with Gasteiger partial charge in [-0.25, -0.2) is 4.98 Å². The second kappa shape index (κ2) is 20.5. The molecule has 0 saturated heterocycles. The van der Waals surface area contributed by atoms with E-state index in [9.17, 15) is 18.9 Å². The molecule has 13 nitrogen and oxygen atoms in total. The monoisotopic (exact) mass is 843 g/mol. The van der Waals surface area contributed by atoms with Crippen molar-refractivity contribution >= 4 is 63.3 Å². The summed E-state index contributed by atoms with van der Waals surface area (Å²) in [6.07, 6.45) is 6.36. The van der Waals surface area contributed by atoms with Crippen molar-refractivity contribution in [3.8, 4) is 11.1 Å². The number of hydrogen-bond acceptors (Lipinski definition) is 10. The van der Waals surface area contributed by atoms with Crippen LogP contribution in [-0.4, -0.2) is 75.4 Å². The number of nitrogens with one attached hydrogen (secondary N) is 4. The second-order valence-corrected chi connectivity index (χ2v) is 16.7. The molecule has 0 bridgehead atoms. The second-order valence-electron chi connectivity index (χ2n) is 14.3. The highest BCUT2D eigenvalue weighted by molar-refractivity contribution is 7.99. The average Bonchev–Trinajstić information content (AvgIpc) is 3.64. The Hall–Kier alpha value is -4.45.